The highest BCUT2D eigenvalue weighted by molar-refractivity contribution is 5.76. The van der Waals surface area contributed by atoms with Crippen LogP contribution in [0.25, 0.3) is 0 Å². The Kier molecular flexibility index (Phi) is 7.39. The maximum atomic E-state index is 12.2. The minimum Gasteiger partial charge on any atom is -0.380 e. The van der Waals surface area contributed by atoms with E-state index in [1.54, 1.807) is 7.11 Å². The summed E-state index contributed by atoms with van der Waals surface area (Å²) in [5.74, 6) is 1.45. The minimum absolute atomic E-state index is 0.225. The molecule has 0 bridgehead atoms. The third-order valence-electron chi connectivity index (χ3n) is 4.27. The summed E-state index contributed by atoms with van der Waals surface area (Å²) in [5, 5.41) is 0. The fourth-order valence-electron chi connectivity index (χ4n) is 2.85. The molecule has 1 saturated heterocycles. The van der Waals surface area contributed by atoms with Crippen LogP contribution in [0, 0.1) is 11.8 Å². The lowest BCUT2D eigenvalue weighted by molar-refractivity contribution is -0.135. The number of amides is 1. The number of rotatable bonds is 7. The van der Waals surface area contributed by atoms with E-state index in [4.69, 9.17) is 10.5 Å². The van der Waals surface area contributed by atoms with Crippen molar-refractivity contribution in [3.63, 3.8) is 0 Å². The molecule has 0 aromatic carbocycles. The molecular formula is C15H30N2O2. The molecule has 4 heteroatoms. The number of nitrogens with two attached hydrogens (primary N) is 1. The van der Waals surface area contributed by atoms with Gasteiger partial charge in [-0.3, -0.25) is 4.79 Å². The van der Waals surface area contributed by atoms with Crippen LogP contribution in [-0.4, -0.2) is 43.7 Å². The van der Waals surface area contributed by atoms with Crippen LogP contribution in [0.3, 0.4) is 0 Å². The molecule has 2 atom stereocenters. The molecule has 1 heterocycles. The Morgan fingerprint density at radius 2 is 2.16 bits per heavy atom. The standard InChI is InChI=1S/C15H30N2O2/c1-12(2)13(8-9-16)6-7-15(18)17-10-4-5-14(11-17)19-3/h12-14H,4-11,16H2,1-3H3. The number of hydrogen-bond donors (Lipinski definition) is 1. The molecule has 0 aromatic rings. The van der Waals surface area contributed by atoms with Crippen LogP contribution in [0.15, 0.2) is 0 Å². The third-order valence-corrected chi connectivity index (χ3v) is 4.27. The van der Waals surface area contributed by atoms with Gasteiger partial charge in [0.15, 0.2) is 0 Å². The first-order valence-corrected chi connectivity index (χ1v) is 7.59. The van der Waals surface area contributed by atoms with Crippen molar-refractivity contribution >= 4 is 5.91 Å². The van der Waals surface area contributed by atoms with Crippen LogP contribution in [0.4, 0.5) is 0 Å². The lowest BCUT2D eigenvalue weighted by atomic mass is 9.88. The molecule has 2 unspecified atom stereocenters. The van der Waals surface area contributed by atoms with Gasteiger partial charge in [-0.15, -0.1) is 0 Å². The Morgan fingerprint density at radius 1 is 1.42 bits per heavy atom. The van der Waals surface area contributed by atoms with Gasteiger partial charge >= 0.3 is 0 Å². The fraction of sp³-hybridized carbons (Fsp3) is 0.933. The highest BCUT2D eigenvalue weighted by atomic mass is 16.5. The van der Waals surface area contributed by atoms with Crippen LogP contribution in [0.5, 0.6) is 0 Å². The number of likely N-dealkylation sites (tertiary alicyclic amines) is 1. The first kappa shape index (κ1) is 16.4. The Hall–Kier alpha value is -0.610. The van der Waals surface area contributed by atoms with Crippen molar-refractivity contribution in [3.05, 3.63) is 0 Å². The van der Waals surface area contributed by atoms with E-state index in [0.717, 1.165) is 38.8 Å². The predicted octanol–water partition coefficient (Wildman–Crippen LogP) is 2.02. The smallest absolute Gasteiger partial charge is 0.222 e. The second-order valence-corrected chi connectivity index (χ2v) is 5.96. The third kappa shape index (κ3) is 5.49. The molecule has 0 spiro atoms. The average molecular weight is 270 g/mol. The summed E-state index contributed by atoms with van der Waals surface area (Å²) in [4.78, 5) is 14.2. The van der Waals surface area contributed by atoms with Crippen LogP contribution < -0.4 is 5.73 Å². The largest absolute Gasteiger partial charge is 0.380 e. The molecule has 1 fully saturated rings. The quantitative estimate of drug-likeness (QED) is 0.770. The summed E-state index contributed by atoms with van der Waals surface area (Å²) in [7, 11) is 1.73. The maximum absolute atomic E-state index is 12.2. The van der Waals surface area contributed by atoms with Crippen molar-refractivity contribution in [2.24, 2.45) is 17.6 Å². The summed E-state index contributed by atoms with van der Waals surface area (Å²) in [6.45, 7) is 6.80. The van der Waals surface area contributed by atoms with E-state index in [2.05, 4.69) is 13.8 Å². The van der Waals surface area contributed by atoms with Crippen molar-refractivity contribution in [2.75, 3.05) is 26.7 Å². The molecular weight excluding hydrogens is 240 g/mol. The number of carbonyl (C=O) groups excluding carboxylic acids is 1. The topological polar surface area (TPSA) is 55.6 Å². The molecule has 0 saturated carbocycles. The Labute approximate surface area is 117 Å². The molecule has 0 aromatic heterocycles. The number of nitrogens with zero attached hydrogens (tertiary/aromatic N) is 1. The van der Waals surface area contributed by atoms with E-state index < -0.39 is 0 Å². The van der Waals surface area contributed by atoms with Crippen LogP contribution in [-0.2, 0) is 9.53 Å². The van der Waals surface area contributed by atoms with Crippen molar-refractivity contribution in [1.29, 1.82) is 0 Å². The van der Waals surface area contributed by atoms with Gasteiger partial charge in [-0.25, -0.2) is 0 Å². The molecule has 1 rings (SSSR count). The molecule has 19 heavy (non-hydrogen) atoms. The molecule has 4 nitrogen and oxygen atoms in total. The lowest BCUT2D eigenvalue weighted by Gasteiger charge is -2.32. The Bertz CT molecular complexity index is 269. The Morgan fingerprint density at radius 3 is 2.74 bits per heavy atom. The first-order valence-electron chi connectivity index (χ1n) is 7.59. The van der Waals surface area contributed by atoms with E-state index in [-0.39, 0.29) is 12.0 Å². The van der Waals surface area contributed by atoms with Gasteiger partial charge < -0.3 is 15.4 Å². The van der Waals surface area contributed by atoms with Gasteiger partial charge in [0.2, 0.25) is 5.91 Å². The average Bonchev–Trinajstić information content (AvgIpc) is 2.42. The molecule has 1 aliphatic heterocycles. The maximum Gasteiger partial charge on any atom is 0.222 e. The molecule has 1 amide bonds. The summed E-state index contributed by atoms with van der Waals surface area (Å²) in [6, 6.07) is 0. The van der Waals surface area contributed by atoms with E-state index in [1.165, 1.54) is 0 Å². The zero-order valence-electron chi connectivity index (χ0n) is 12.7. The van der Waals surface area contributed by atoms with Crippen molar-refractivity contribution in [2.45, 2.75) is 52.1 Å². The van der Waals surface area contributed by atoms with Crippen molar-refractivity contribution in [3.8, 4) is 0 Å². The highest BCUT2D eigenvalue weighted by Crippen LogP contribution is 2.22. The van der Waals surface area contributed by atoms with Crippen LogP contribution in [0.2, 0.25) is 0 Å². The van der Waals surface area contributed by atoms with E-state index in [9.17, 15) is 4.79 Å². The number of carbonyl (C=O) groups is 1. The number of piperidine rings is 1. The van der Waals surface area contributed by atoms with Crippen LogP contribution in [0.1, 0.15) is 46.0 Å². The fourth-order valence-corrected chi connectivity index (χ4v) is 2.85. The molecule has 0 aliphatic carbocycles. The van der Waals surface area contributed by atoms with Gasteiger partial charge in [0.1, 0.15) is 0 Å². The molecule has 1 aliphatic rings. The molecule has 2 N–H and O–H groups in total. The molecule has 112 valence electrons. The van der Waals surface area contributed by atoms with Crippen LogP contribution >= 0.6 is 0 Å². The van der Waals surface area contributed by atoms with E-state index in [1.807, 2.05) is 4.90 Å². The van der Waals surface area contributed by atoms with Gasteiger partial charge in [-0.05, 0) is 44.1 Å². The normalized spacial score (nSPS) is 21.7. The van der Waals surface area contributed by atoms with Gasteiger partial charge in [-0.2, -0.15) is 0 Å². The second kappa shape index (κ2) is 8.54. The summed E-state index contributed by atoms with van der Waals surface area (Å²) >= 11 is 0. The van der Waals surface area contributed by atoms with E-state index >= 15 is 0 Å². The molecule has 0 radical (unpaired) electrons. The highest BCUT2D eigenvalue weighted by Gasteiger charge is 2.24. The SMILES string of the molecule is COC1CCCN(C(=O)CCC(CCN)C(C)C)C1. The number of ether oxygens (including phenoxy) is 1. The van der Waals surface area contributed by atoms with Gasteiger partial charge in [0.05, 0.1) is 6.10 Å². The van der Waals surface area contributed by atoms with Gasteiger partial charge in [0.25, 0.3) is 0 Å². The monoisotopic (exact) mass is 270 g/mol. The summed E-state index contributed by atoms with van der Waals surface area (Å²) in [5.41, 5.74) is 5.64. The summed E-state index contributed by atoms with van der Waals surface area (Å²) in [6.07, 6.45) is 4.98. The number of hydrogen-bond acceptors (Lipinski definition) is 3. The predicted molar refractivity (Wildman–Crippen MR) is 77.8 cm³/mol. The number of methoxy groups -OCH3 is 1. The van der Waals surface area contributed by atoms with Crippen molar-refractivity contribution < 1.29 is 9.53 Å². The lowest BCUT2D eigenvalue weighted by Crippen LogP contribution is -2.43. The Balaban J connectivity index is 2.37. The second-order valence-electron chi connectivity index (χ2n) is 5.96. The van der Waals surface area contributed by atoms with Gasteiger partial charge in [0, 0.05) is 26.6 Å². The zero-order valence-corrected chi connectivity index (χ0v) is 12.7. The zero-order chi connectivity index (χ0) is 14.3. The van der Waals surface area contributed by atoms with Crippen molar-refractivity contribution in [1.82, 2.24) is 4.90 Å². The van der Waals surface area contributed by atoms with E-state index in [0.29, 0.717) is 24.8 Å². The van der Waals surface area contributed by atoms with Gasteiger partial charge in [-0.1, -0.05) is 13.8 Å². The minimum atomic E-state index is 0.225. The summed E-state index contributed by atoms with van der Waals surface area (Å²) < 4.78 is 5.36. The first-order chi connectivity index (χ1) is 9.08.